The Morgan fingerprint density at radius 2 is 2.05 bits per heavy atom. The number of furan rings is 1. The van der Waals surface area contributed by atoms with Gasteiger partial charge in [0.15, 0.2) is 0 Å². The Kier molecular flexibility index (Phi) is 4.58. The number of carbonyl (C=O) groups is 1. The van der Waals surface area contributed by atoms with Crippen LogP contribution in [-0.4, -0.2) is 17.7 Å². The van der Waals surface area contributed by atoms with Crippen LogP contribution in [0, 0.1) is 0 Å². The molecular weight excluding hydrogens is 246 g/mol. The minimum Gasteiger partial charge on any atom is -0.467 e. The van der Waals surface area contributed by atoms with Crippen molar-refractivity contribution in [2.45, 2.75) is 12.7 Å². The number of nitrogens with one attached hydrogen (secondary N) is 1. The first-order valence-corrected chi connectivity index (χ1v) is 5.92. The lowest BCUT2D eigenvalue weighted by Gasteiger charge is -2.10. The van der Waals surface area contributed by atoms with Crippen molar-refractivity contribution in [1.82, 2.24) is 5.32 Å². The summed E-state index contributed by atoms with van der Waals surface area (Å²) in [5.74, 6) is 0.406. The standard InChI is InChI=1S/C14H15NO4/c16-12(13-7-4-8-18-13)9-15-14(17)19-10-11-5-2-1-3-6-11/h1-8,12,16H,9-10H2,(H,15,17)/t12-/m1/s1. The van der Waals surface area contributed by atoms with Crippen molar-refractivity contribution in [2.75, 3.05) is 6.54 Å². The molecule has 5 nitrogen and oxygen atoms in total. The smallest absolute Gasteiger partial charge is 0.407 e. The van der Waals surface area contributed by atoms with Crippen molar-refractivity contribution in [3.8, 4) is 0 Å². The fourth-order valence-electron chi connectivity index (χ4n) is 1.54. The van der Waals surface area contributed by atoms with E-state index in [-0.39, 0.29) is 13.2 Å². The molecule has 0 aliphatic carbocycles. The average Bonchev–Trinajstić information content (AvgIpc) is 2.98. The third kappa shape index (κ3) is 4.15. The van der Waals surface area contributed by atoms with Gasteiger partial charge in [-0.3, -0.25) is 0 Å². The second-order valence-corrected chi connectivity index (χ2v) is 3.97. The lowest BCUT2D eigenvalue weighted by Crippen LogP contribution is -2.28. The average molecular weight is 261 g/mol. The number of hydrogen-bond acceptors (Lipinski definition) is 4. The van der Waals surface area contributed by atoms with Crippen LogP contribution in [0.25, 0.3) is 0 Å². The van der Waals surface area contributed by atoms with Gasteiger partial charge in [-0.25, -0.2) is 4.79 Å². The number of benzene rings is 1. The first-order valence-electron chi connectivity index (χ1n) is 5.92. The Morgan fingerprint density at radius 1 is 1.26 bits per heavy atom. The van der Waals surface area contributed by atoms with Gasteiger partial charge in [0.1, 0.15) is 18.5 Å². The molecular formula is C14H15NO4. The van der Waals surface area contributed by atoms with Gasteiger partial charge in [0.05, 0.1) is 12.8 Å². The summed E-state index contributed by atoms with van der Waals surface area (Å²) in [6, 6.07) is 12.7. The van der Waals surface area contributed by atoms with Crippen LogP contribution in [0.2, 0.25) is 0 Å². The van der Waals surface area contributed by atoms with Crippen molar-refractivity contribution in [3.05, 3.63) is 60.1 Å². The van der Waals surface area contributed by atoms with E-state index >= 15 is 0 Å². The highest BCUT2D eigenvalue weighted by molar-refractivity contribution is 5.67. The van der Waals surface area contributed by atoms with Crippen molar-refractivity contribution in [3.63, 3.8) is 0 Å². The van der Waals surface area contributed by atoms with E-state index in [1.165, 1.54) is 6.26 Å². The number of rotatable bonds is 5. The molecule has 0 unspecified atom stereocenters. The molecule has 1 atom stereocenters. The molecule has 1 amide bonds. The first kappa shape index (κ1) is 13.2. The van der Waals surface area contributed by atoms with Crippen LogP contribution in [-0.2, 0) is 11.3 Å². The summed E-state index contributed by atoms with van der Waals surface area (Å²) in [4.78, 5) is 11.4. The van der Waals surface area contributed by atoms with Gasteiger partial charge in [0.25, 0.3) is 0 Å². The molecule has 0 aliphatic heterocycles. The van der Waals surface area contributed by atoms with Crippen molar-refractivity contribution in [1.29, 1.82) is 0 Å². The Morgan fingerprint density at radius 3 is 2.74 bits per heavy atom. The summed E-state index contributed by atoms with van der Waals surface area (Å²) in [6.07, 6.45) is 0.0143. The van der Waals surface area contributed by atoms with E-state index in [2.05, 4.69) is 5.32 Å². The zero-order valence-corrected chi connectivity index (χ0v) is 10.3. The first-order chi connectivity index (χ1) is 9.25. The molecule has 0 fully saturated rings. The molecule has 1 heterocycles. The summed E-state index contributed by atoms with van der Waals surface area (Å²) in [7, 11) is 0. The Hall–Kier alpha value is -2.27. The molecule has 2 N–H and O–H groups in total. The fourth-order valence-corrected chi connectivity index (χ4v) is 1.54. The highest BCUT2D eigenvalue weighted by Crippen LogP contribution is 2.11. The molecule has 2 rings (SSSR count). The van der Waals surface area contributed by atoms with Crippen molar-refractivity contribution < 1.29 is 19.1 Å². The summed E-state index contributed by atoms with van der Waals surface area (Å²) in [5.41, 5.74) is 0.907. The van der Waals surface area contributed by atoms with Gasteiger partial charge < -0.3 is 19.6 Å². The molecule has 0 spiro atoms. The number of aliphatic hydroxyl groups excluding tert-OH is 1. The Labute approximate surface area is 110 Å². The second kappa shape index (κ2) is 6.61. The van der Waals surface area contributed by atoms with Gasteiger partial charge in [0, 0.05) is 0 Å². The normalized spacial score (nSPS) is 11.8. The molecule has 1 aromatic heterocycles. The summed E-state index contributed by atoms with van der Waals surface area (Å²) >= 11 is 0. The van der Waals surface area contributed by atoms with Crippen LogP contribution in [0.4, 0.5) is 4.79 Å². The van der Waals surface area contributed by atoms with Gasteiger partial charge in [-0.05, 0) is 17.7 Å². The molecule has 100 valence electrons. The number of aliphatic hydroxyl groups is 1. The quantitative estimate of drug-likeness (QED) is 0.865. The van der Waals surface area contributed by atoms with Crippen LogP contribution < -0.4 is 5.32 Å². The summed E-state index contributed by atoms with van der Waals surface area (Å²) < 4.78 is 10.0. The molecule has 0 aliphatic rings. The largest absolute Gasteiger partial charge is 0.467 e. The van der Waals surface area contributed by atoms with Crippen LogP contribution in [0.3, 0.4) is 0 Å². The fraction of sp³-hybridized carbons (Fsp3) is 0.214. The number of carbonyl (C=O) groups excluding carboxylic acids is 1. The third-order valence-electron chi connectivity index (χ3n) is 2.52. The number of alkyl carbamates (subject to hydrolysis) is 1. The van der Waals surface area contributed by atoms with Gasteiger partial charge in [-0.1, -0.05) is 30.3 Å². The van der Waals surface area contributed by atoms with Crippen molar-refractivity contribution in [2.24, 2.45) is 0 Å². The van der Waals surface area contributed by atoms with E-state index in [4.69, 9.17) is 9.15 Å². The van der Waals surface area contributed by atoms with Gasteiger partial charge in [0.2, 0.25) is 0 Å². The zero-order valence-electron chi connectivity index (χ0n) is 10.3. The number of hydrogen-bond donors (Lipinski definition) is 2. The Bertz CT molecular complexity index is 495. The van der Waals surface area contributed by atoms with Gasteiger partial charge in [-0.2, -0.15) is 0 Å². The van der Waals surface area contributed by atoms with Crippen LogP contribution in [0.15, 0.2) is 53.1 Å². The van der Waals surface area contributed by atoms with Crippen LogP contribution >= 0.6 is 0 Å². The highest BCUT2D eigenvalue weighted by Gasteiger charge is 2.12. The predicted molar refractivity (Wildman–Crippen MR) is 68.3 cm³/mol. The van der Waals surface area contributed by atoms with E-state index in [1.54, 1.807) is 12.1 Å². The maximum absolute atomic E-state index is 11.4. The van der Waals surface area contributed by atoms with E-state index in [0.29, 0.717) is 5.76 Å². The minimum absolute atomic E-state index is 0.0428. The molecule has 0 bridgehead atoms. The molecule has 1 aromatic carbocycles. The molecule has 2 aromatic rings. The SMILES string of the molecule is O=C(NC[C@@H](O)c1ccco1)OCc1ccccc1. The van der Waals surface area contributed by atoms with E-state index in [9.17, 15) is 9.90 Å². The monoisotopic (exact) mass is 261 g/mol. The van der Waals surface area contributed by atoms with E-state index in [0.717, 1.165) is 5.56 Å². The highest BCUT2D eigenvalue weighted by atomic mass is 16.5. The van der Waals surface area contributed by atoms with Crippen molar-refractivity contribution >= 4 is 6.09 Å². The maximum Gasteiger partial charge on any atom is 0.407 e. The number of amides is 1. The summed E-state index contributed by atoms with van der Waals surface area (Å²) in [5, 5.41) is 12.1. The number of ether oxygens (including phenoxy) is 1. The molecule has 0 radical (unpaired) electrons. The van der Waals surface area contributed by atoms with Crippen LogP contribution in [0.1, 0.15) is 17.4 Å². The van der Waals surface area contributed by atoms with Gasteiger partial charge >= 0.3 is 6.09 Å². The zero-order chi connectivity index (χ0) is 13.5. The predicted octanol–water partition coefficient (Wildman–Crippen LogP) is 2.24. The minimum atomic E-state index is -0.876. The van der Waals surface area contributed by atoms with Crippen LogP contribution in [0.5, 0.6) is 0 Å². The molecule has 5 heteroatoms. The lowest BCUT2D eigenvalue weighted by atomic mass is 10.2. The topological polar surface area (TPSA) is 71.7 Å². The molecule has 19 heavy (non-hydrogen) atoms. The summed E-state index contributed by atoms with van der Waals surface area (Å²) in [6.45, 7) is 0.241. The van der Waals surface area contributed by atoms with E-state index < -0.39 is 12.2 Å². The van der Waals surface area contributed by atoms with E-state index in [1.807, 2.05) is 30.3 Å². The maximum atomic E-state index is 11.4. The Balaban J connectivity index is 1.70. The van der Waals surface area contributed by atoms with Gasteiger partial charge in [-0.15, -0.1) is 0 Å². The third-order valence-corrected chi connectivity index (χ3v) is 2.52. The second-order valence-electron chi connectivity index (χ2n) is 3.97. The molecule has 0 saturated heterocycles. The lowest BCUT2D eigenvalue weighted by molar-refractivity contribution is 0.118. The molecule has 0 saturated carbocycles.